The van der Waals surface area contributed by atoms with E-state index < -0.39 is 5.97 Å². The van der Waals surface area contributed by atoms with Crippen LogP contribution in [-0.2, 0) is 14.3 Å². The van der Waals surface area contributed by atoms with Gasteiger partial charge in [0.15, 0.2) is 22.4 Å². The van der Waals surface area contributed by atoms with Gasteiger partial charge in [-0.25, -0.2) is 4.79 Å². The first-order chi connectivity index (χ1) is 14.8. The third-order valence-electron chi connectivity index (χ3n) is 4.25. The van der Waals surface area contributed by atoms with Crippen molar-refractivity contribution in [2.75, 3.05) is 25.2 Å². The predicted molar refractivity (Wildman–Crippen MR) is 135 cm³/mol. The smallest absolute Gasteiger partial charge is 0.343 e. The second kappa shape index (κ2) is 10.5. The topological polar surface area (TPSA) is 65.1 Å². The number of methoxy groups -OCH3 is 1. The number of nitrogens with zero attached hydrogens (tertiary/aromatic N) is 1. The largest absolute Gasteiger partial charge is 0.490 e. The first kappa shape index (κ1) is 23.6. The van der Waals surface area contributed by atoms with Gasteiger partial charge < -0.3 is 14.2 Å². The molecule has 0 atom stereocenters. The summed E-state index contributed by atoms with van der Waals surface area (Å²) in [6.07, 6.45) is 1.78. The van der Waals surface area contributed by atoms with Crippen LogP contribution in [0.1, 0.15) is 18.1 Å². The van der Waals surface area contributed by atoms with Crippen molar-refractivity contribution in [1.29, 1.82) is 0 Å². The molecule has 162 valence electrons. The van der Waals surface area contributed by atoms with Crippen LogP contribution < -0.4 is 14.4 Å². The maximum absolute atomic E-state index is 13.0. The van der Waals surface area contributed by atoms with E-state index in [-0.39, 0.29) is 12.5 Å². The third kappa shape index (κ3) is 5.58. The first-order valence-corrected chi connectivity index (χ1v) is 11.6. The molecule has 1 aliphatic rings. The molecule has 0 aliphatic carbocycles. The van der Waals surface area contributed by atoms with E-state index in [1.807, 2.05) is 44.2 Å². The van der Waals surface area contributed by atoms with Gasteiger partial charge in [0, 0.05) is 0 Å². The highest BCUT2D eigenvalue weighted by molar-refractivity contribution is 14.1. The molecule has 3 rings (SSSR count). The standard InChI is InChI=1S/C22H20INO5S2/c1-4-28-17-10-14(9-16(23)20(17)29-12-19(25)27-3)11-18-21(26)24(22(30)31-18)15-7-5-6-13(2)8-15/h5-11H,4,12H2,1-3H3/b18-11-. The molecule has 1 saturated heterocycles. The first-order valence-electron chi connectivity index (χ1n) is 9.34. The summed E-state index contributed by atoms with van der Waals surface area (Å²) in [5.74, 6) is 0.290. The van der Waals surface area contributed by atoms with E-state index in [0.29, 0.717) is 27.3 Å². The van der Waals surface area contributed by atoms with Crippen molar-refractivity contribution in [1.82, 2.24) is 0 Å². The number of hydrogen-bond acceptors (Lipinski definition) is 7. The van der Waals surface area contributed by atoms with Crippen LogP contribution in [0.5, 0.6) is 11.5 Å². The Morgan fingerprint density at radius 3 is 2.71 bits per heavy atom. The molecule has 1 amide bonds. The average molecular weight is 569 g/mol. The molecule has 0 bridgehead atoms. The zero-order valence-electron chi connectivity index (χ0n) is 17.1. The minimum absolute atomic E-state index is 0.167. The van der Waals surface area contributed by atoms with Crippen molar-refractivity contribution >= 4 is 74.5 Å². The third-order valence-corrected chi connectivity index (χ3v) is 6.35. The number of rotatable bonds is 7. The van der Waals surface area contributed by atoms with Gasteiger partial charge in [0.05, 0.1) is 27.9 Å². The number of amides is 1. The lowest BCUT2D eigenvalue weighted by Gasteiger charge is -2.15. The normalized spacial score (nSPS) is 14.8. The average Bonchev–Trinajstić information content (AvgIpc) is 3.00. The Morgan fingerprint density at radius 2 is 2.03 bits per heavy atom. The molecule has 0 spiro atoms. The lowest BCUT2D eigenvalue weighted by Crippen LogP contribution is -2.27. The van der Waals surface area contributed by atoms with Crippen LogP contribution in [0.4, 0.5) is 5.69 Å². The number of aryl methyl sites for hydroxylation is 1. The summed E-state index contributed by atoms with van der Waals surface area (Å²) in [7, 11) is 1.30. The van der Waals surface area contributed by atoms with Gasteiger partial charge in [-0.05, 0) is 77.9 Å². The summed E-state index contributed by atoms with van der Waals surface area (Å²) in [4.78, 5) is 26.6. The molecule has 2 aromatic carbocycles. The summed E-state index contributed by atoms with van der Waals surface area (Å²) in [5, 5.41) is 0. The Labute approximate surface area is 204 Å². The molecule has 1 aliphatic heterocycles. The highest BCUT2D eigenvalue weighted by Gasteiger charge is 2.33. The van der Waals surface area contributed by atoms with Gasteiger partial charge in [-0.15, -0.1) is 0 Å². The van der Waals surface area contributed by atoms with Crippen LogP contribution >= 0.6 is 46.6 Å². The number of esters is 1. The summed E-state index contributed by atoms with van der Waals surface area (Å²) < 4.78 is 17.2. The van der Waals surface area contributed by atoms with E-state index in [1.165, 1.54) is 18.9 Å². The monoisotopic (exact) mass is 569 g/mol. The lowest BCUT2D eigenvalue weighted by atomic mass is 10.1. The molecule has 31 heavy (non-hydrogen) atoms. The molecule has 0 N–H and O–H groups in total. The molecule has 0 saturated carbocycles. The van der Waals surface area contributed by atoms with Crippen molar-refractivity contribution in [3.63, 3.8) is 0 Å². The number of thioether (sulfide) groups is 1. The van der Waals surface area contributed by atoms with Crippen LogP contribution in [0.25, 0.3) is 6.08 Å². The highest BCUT2D eigenvalue weighted by atomic mass is 127. The van der Waals surface area contributed by atoms with Gasteiger partial charge >= 0.3 is 5.97 Å². The molecular formula is C22H20INO5S2. The van der Waals surface area contributed by atoms with E-state index in [0.717, 1.165) is 20.4 Å². The molecule has 6 nitrogen and oxygen atoms in total. The van der Waals surface area contributed by atoms with Gasteiger partial charge in [-0.3, -0.25) is 9.69 Å². The van der Waals surface area contributed by atoms with Crippen molar-refractivity contribution < 1.29 is 23.8 Å². The fourth-order valence-electron chi connectivity index (χ4n) is 2.87. The maximum Gasteiger partial charge on any atom is 0.343 e. The summed E-state index contributed by atoms with van der Waals surface area (Å²) in [6.45, 7) is 4.03. The quantitative estimate of drug-likeness (QED) is 0.202. The fraction of sp³-hybridized carbons (Fsp3) is 0.227. The van der Waals surface area contributed by atoms with Gasteiger partial charge in [0.25, 0.3) is 5.91 Å². The number of ether oxygens (including phenoxy) is 3. The van der Waals surface area contributed by atoms with Crippen molar-refractivity contribution in [3.8, 4) is 11.5 Å². The number of halogens is 1. The zero-order chi connectivity index (χ0) is 22.5. The SMILES string of the molecule is CCOc1cc(/C=C2\SC(=S)N(c3cccc(C)c3)C2=O)cc(I)c1OCC(=O)OC. The Bertz CT molecular complexity index is 1070. The van der Waals surface area contributed by atoms with E-state index in [2.05, 4.69) is 27.3 Å². The number of benzene rings is 2. The fourth-order valence-corrected chi connectivity index (χ4v) is 4.95. The van der Waals surface area contributed by atoms with Crippen LogP contribution in [0, 0.1) is 10.5 Å². The maximum atomic E-state index is 13.0. The minimum atomic E-state index is -0.484. The molecule has 9 heteroatoms. The van der Waals surface area contributed by atoms with Crippen molar-refractivity contribution in [2.45, 2.75) is 13.8 Å². The van der Waals surface area contributed by atoms with E-state index in [4.69, 9.17) is 21.7 Å². The minimum Gasteiger partial charge on any atom is -0.490 e. The molecule has 0 aromatic heterocycles. The molecular weight excluding hydrogens is 549 g/mol. The Balaban J connectivity index is 1.91. The molecule has 1 fully saturated rings. The Hall–Kier alpha value is -2.11. The van der Waals surface area contributed by atoms with Gasteiger partial charge in [-0.1, -0.05) is 36.1 Å². The van der Waals surface area contributed by atoms with Crippen LogP contribution in [-0.4, -0.2) is 36.5 Å². The second-order valence-electron chi connectivity index (χ2n) is 6.48. The number of carbonyl (C=O) groups is 2. The van der Waals surface area contributed by atoms with E-state index in [1.54, 1.807) is 17.0 Å². The number of anilines is 1. The number of thiocarbonyl (C=S) groups is 1. The predicted octanol–water partition coefficient (Wildman–Crippen LogP) is 4.96. The van der Waals surface area contributed by atoms with E-state index in [9.17, 15) is 9.59 Å². The van der Waals surface area contributed by atoms with Gasteiger partial charge in [-0.2, -0.15) is 0 Å². The lowest BCUT2D eigenvalue weighted by molar-refractivity contribution is -0.142. The van der Waals surface area contributed by atoms with Crippen molar-refractivity contribution in [2.24, 2.45) is 0 Å². The second-order valence-corrected chi connectivity index (χ2v) is 9.32. The molecule has 1 heterocycles. The Morgan fingerprint density at radius 1 is 1.26 bits per heavy atom. The van der Waals surface area contributed by atoms with Gasteiger partial charge in [0.2, 0.25) is 0 Å². The van der Waals surface area contributed by atoms with E-state index >= 15 is 0 Å². The molecule has 2 aromatic rings. The van der Waals surface area contributed by atoms with Crippen LogP contribution in [0.3, 0.4) is 0 Å². The molecule has 0 unspecified atom stereocenters. The van der Waals surface area contributed by atoms with Crippen LogP contribution in [0.2, 0.25) is 0 Å². The summed E-state index contributed by atoms with van der Waals surface area (Å²) in [6, 6.07) is 11.3. The number of hydrogen-bond donors (Lipinski definition) is 0. The van der Waals surface area contributed by atoms with Crippen LogP contribution in [0.15, 0.2) is 41.3 Å². The highest BCUT2D eigenvalue weighted by Crippen LogP contribution is 2.39. The summed E-state index contributed by atoms with van der Waals surface area (Å²) >= 11 is 8.82. The summed E-state index contributed by atoms with van der Waals surface area (Å²) in [5.41, 5.74) is 2.57. The Kier molecular flexibility index (Phi) is 7.95. The van der Waals surface area contributed by atoms with Crippen molar-refractivity contribution in [3.05, 3.63) is 56.0 Å². The number of carbonyl (C=O) groups excluding carboxylic acids is 2. The molecule has 0 radical (unpaired) electrons. The zero-order valence-corrected chi connectivity index (χ0v) is 20.9. The van der Waals surface area contributed by atoms with Gasteiger partial charge in [0.1, 0.15) is 0 Å².